The number of ether oxygens (including phenoxy) is 3. The smallest absolute Gasteiger partial charge is 0.333 e. The standard InChI is InChI=1S/C31H33NO5/c1-3-35-30(31(33)34)21-24-10-14-27(15-11-24)36-20-19-32-23(2)9-18-29(32)26-12-16-28(17-13-26)37-22-25-7-5-4-6-8-25/h4-18,30H,3,19-22H2,1-2H3,(H,33,34). The molecule has 3 aromatic carbocycles. The molecule has 1 N–H and O–H groups in total. The van der Waals surface area contributed by atoms with Gasteiger partial charge in [-0.15, -0.1) is 0 Å². The van der Waals surface area contributed by atoms with E-state index < -0.39 is 12.1 Å². The highest BCUT2D eigenvalue weighted by Gasteiger charge is 2.17. The first-order valence-corrected chi connectivity index (χ1v) is 12.5. The molecule has 0 aliphatic carbocycles. The summed E-state index contributed by atoms with van der Waals surface area (Å²) < 4.78 is 19.5. The predicted molar refractivity (Wildman–Crippen MR) is 144 cm³/mol. The molecule has 0 aliphatic heterocycles. The summed E-state index contributed by atoms with van der Waals surface area (Å²) in [6.45, 7) is 6.00. The molecular weight excluding hydrogens is 466 g/mol. The van der Waals surface area contributed by atoms with E-state index in [4.69, 9.17) is 14.2 Å². The van der Waals surface area contributed by atoms with Gasteiger partial charge in [-0.1, -0.05) is 42.5 Å². The largest absolute Gasteiger partial charge is 0.492 e. The van der Waals surface area contributed by atoms with Crippen molar-refractivity contribution in [3.05, 3.63) is 108 Å². The van der Waals surface area contributed by atoms with E-state index in [1.54, 1.807) is 6.92 Å². The zero-order valence-corrected chi connectivity index (χ0v) is 21.3. The molecule has 1 aromatic heterocycles. The van der Waals surface area contributed by atoms with E-state index in [-0.39, 0.29) is 0 Å². The van der Waals surface area contributed by atoms with E-state index in [1.807, 2.05) is 54.6 Å². The van der Waals surface area contributed by atoms with Crippen molar-refractivity contribution in [2.24, 2.45) is 0 Å². The van der Waals surface area contributed by atoms with Gasteiger partial charge >= 0.3 is 5.97 Å². The number of aliphatic carboxylic acids is 1. The Balaban J connectivity index is 1.32. The Hall–Kier alpha value is -4.03. The first-order valence-electron chi connectivity index (χ1n) is 12.5. The van der Waals surface area contributed by atoms with Crippen LogP contribution in [0.2, 0.25) is 0 Å². The minimum Gasteiger partial charge on any atom is -0.492 e. The first-order chi connectivity index (χ1) is 18.0. The molecule has 0 aliphatic rings. The van der Waals surface area contributed by atoms with Gasteiger partial charge in [-0.25, -0.2) is 4.79 Å². The maximum absolute atomic E-state index is 11.3. The van der Waals surface area contributed by atoms with E-state index in [1.165, 1.54) is 0 Å². The van der Waals surface area contributed by atoms with E-state index in [0.29, 0.717) is 32.8 Å². The van der Waals surface area contributed by atoms with Crippen molar-refractivity contribution in [1.82, 2.24) is 4.57 Å². The molecule has 6 nitrogen and oxygen atoms in total. The Labute approximate surface area is 218 Å². The average molecular weight is 500 g/mol. The number of carbonyl (C=O) groups is 1. The van der Waals surface area contributed by atoms with Crippen LogP contribution < -0.4 is 9.47 Å². The number of aromatic nitrogens is 1. The third-order valence-electron chi connectivity index (χ3n) is 6.17. The second-order valence-electron chi connectivity index (χ2n) is 8.79. The van der Waals surface area contributed by atoms with Crippen LogP contribution in [0.15, 0.2) is 91.0 Å². The summed E-state index contributed by atoms with van der Waals surface area (Å²) in [5, 5.41) is 9.28. The number of carboxylic acids is 1. The molecule has 0 spiro atoms. The second-order valence-corrected chi connectivity index (χ2v) is 8.79. The highest BCUT2D eigenvalue weighted by Crippen LogP contribution is 2.25. The molecule has 0 radical (unpaired) electrons. The van der Waals surface area contributed by atoms with Gasteiger partial charge in [0.2, 0.25) is 0 Å². The lowest BCUT2D eigenvalue weighted by Crippen LogP contribution is -2.26. The SMILES string of the molecule is CCOC(Cc1ccc(OCCn2c(C)ccc2-c2ccc(OCc3ccccc3)cc2)cc1)C(=O)O. The fraction of sp³-hybridized carbons (Fsp3) is 0.258. The number of nitrogens with zero attached hydrogens (tertiary/aromatic N) is 1. The molecule has 37 heavy (non-hydrogen) atoms. The second kappa shape index (κ2) is 12.8. The summed E-state index contributed by atoms with van der Waals surface area (Å²) in [5.74, 6) is 0.637. The third kappa shape index (κ3) is 7.24. The molecule has 192 valence electrons. The van der Waals surface area contributed by atoms with Gasteiger partial charge in [-0.3, -0.25) is 0 Å². The quantitative estimate of drug-likeness (QED) is 0.239. The Morgan fingerprint density at radius 2 is 1.51 bits per heavy atom. The number of carboxylic acid groups (broad SMARTS) is 1. The van der Waals surface area contributed by atoms with Crippen molar-refractivity contribution in [3.63, 3.8) is 0 Å². The van der Waals surface area contributed by atoms with Crippen LogP contribution in [-0.2, 0) is 29.1 Å². The van der Waals surface area contributed by atoms with Gasteiger partial charge in [0.1, 0.15) is 24.7 Å². The molecule has 0 bridgehead atoms. The van der Waals surface area contributed by atoms with Crippen molar-refractivity contribution < 1.29 is 24.1 Å². The maximum Gasteiger partial charge on any atom is 0.333 e. The summed E-state index contributed by atoms with van der Waals surface area (Å²) in [4.78, 5) is 11.3. The minimum atomic E-state index is -0.950. The molecule has 0 fully saturated rings. The van der Waals surface area contributed by atoms with Gasteiger partial charge in [-0.05, 0) is 79.1 Å². The number of benzene rings is 3. The van der Waals surface area contributed by atoms with Crippen molar-refractivity contribution in [2.75, 3.05) is 13.2 Å². The molecule has 4 rings (SSSR count). The van der Waals surface area contributed by atoms with Crippen LogP contribution in [0.5, 0.6) is 11.5 Å². The summed E-state index contributed by atoms with van der Waals surface area (Å²) >= 11 is 0. The molecule has 6 heteroatoms. The highest BCUT2D eigenvalue weighted by molar-refractivity contribution is 5.72. The van der Waals surface area contributed by atoms with Crippen LogP contribution in [0.25, 0.3) is 11.3 Å². The van der Waals surface area contributed by atoms with Crippen LogP contribution >= 0.6 is 0 Å². The van der Waals surface area contributed by atoms with Crippen LogP contribution in [-0.4, -0.2) is 35.0 Å². The first kappa shape index (κ1) is 26.0. The van der Waals surface area contributed by atoms with Gasteiger partial charge in [0.05, 0.1) is 6.54 Å². The van der Waals surface area contributed by atoms with Gasteiger partial charge in [0.15, 0.2) is 6.10 Å². The Morgan fingerprint density at radius 3 is 2.19 bits per heavy atom. The van der Waals surface area contributed by atoms with Gasteiger partial charge in [0.25, 0.3) is 0 Å². The zero-order valence-electron chi connectivity index (χ0n) is 21.3. The topological polar surface area (TPSA) is 69.9 Å². The molecule has 1 heterocycles. The summed E-state index contributed by atoms with van der Waals surface area (Å²) in [5.41, 5.74) is 5.44. The Bertz CT molecular complexity index is 1260. The summed E-state index contributed by atoms with van der Waals surface area (Å²) in [6, 6.07) is 30.1. The number of hydrogen-bond donors (Lipinski definition) is 1. The van der Waals surface area contributed by atoms with Gasteiger partial charge < -0.3 is 23.9 Å². The summed E-state index contributed by atoms with van der Waals surface area (Å²) in [7, 11) is 0. The number of rotatable bonds is 13. The van der Waals surface area contributed by atoms with Crippen LogP contribution in [0.3, 0.4) is 0 Å². The van der Waals surface area contributed by atoms with Crippen molar-refractivity contribution >= 4 is 5.97 Å². The number of aryl methyl sites for hydroxylation is 1. The Morgan fingerprint density at radius 1 is 0.838 bits per heavy atom. The zero-order chi connectivity index (χ0) is 26.0. The molecule has 1 unspecified atom stereocenters. The molecular formula is C31H33NO5. The fourth-order valence-electron chi connectivity index (χ4n) is 4.19. The average Bonchev–Trinajstić information content (AvgIpc) is 3.29. The third-order valence-corrected chi connectivity index (χ3v) is 6.17. The predicted octanol–water partition coefficient (Wildman–Crippen LogP) is 6.15. The van der Waals surface area contributed by atoms with Crippen molar-refractivity contribution in [3.8, 4) is 22.8 Å². The van der Waals surface area contributed by atoms with E-state index >= 15 is 0 Å². The van der Waals surface area contributed by atoms with E-state index in [0.717, 1.165) is 39.6 Å². The minimum absolute atomic E-state index is 0.325. The summed E-state index contributed by atoms with van der Waals surface area (Å²) in [6.07, 6.45) is -0.512. The van der Waals surface area contributed by atoms with Crippen LogP contribution in [0, 0.1) is 6.92 Å². The Kier molecular flexibility index (Phi) is 9.00. The molecule has 0 saturated carbocycles. The van der Waals surface area contributed by atoms with Crippen LogP contribution in [0.1, 0.15) is 23.7 Å². The molecule has 0 amide bonds. The van der Waals surface area contributed by atoms with E-state index in [2.05, 4.69) is 47.9 Å². The lowest BCUT2D eigenvalue weighted by atomic mass is 10.1. The van der Waals surface area contributed by atoms with E-state index in [9.17, 15) is 9.90 Å². The lowest BCUT2D eigenvalue weighted by molar-refractivity contribution is -0.149. The fourth-order valence-corrected chi connectivity index (χ4v) is 4.19. The van der Waals surface area contributed by atoms with Crippen LogP contribution in [0.4, 0.5) is 0 Å². The normalized spacial score (nSPS) is 11.7. The van der Waals surface area contributed by atoms with Crippen molar-refractivity contribution in [2.45, 2.75) is 39.5 Å². The van der Waals surface area contributed by atoms with Crippen molar-refractivity contribution in [1.29, 1.82) is 0 Å². The molecule has 1 atom stereocenters. The lowest BCUT2D eigenvalue weighted by Gasteiger charge is -2.15. The van der Waals surface area contributed by atoms with Gasteiger partial charge in [-0.2, -0.15) is 0 Å². The number of hydrogen-bond acceptors (Lipinski definition) is 4. The van der Waals surface area contributed by atoms with Gasteiger partial charge in [0, 0.05) is 24.4 Å². The molecule has 4 aromatic rings. The highest BCUT2D eigenvalue weighted by atomic mass is 16.5. The molecule has 0 saturated heterocycles. The monoisotopic (exact) mass is 499 g/mol. The maximum atomic E-state index is 11.3.